The fourth-order valence-electron chi connectivity index (χ4n) is 3.76. The Hall–Kier alpha value is -3.34. The summed E-state index contributed by atoms with van der Waals surface area (Å²) < 4.78 is 39.1. The Balaban J connectivity index is 0.00000361. The number of rotatable bonds is 8. The zero-order valence-corrected chi connectivity index (χ0v) is 20.3. The van der Waals surface area contributed by atoms with Gasteiger partial charge in [0.2, 0.25) is 0 Å². The van der Waals surface area contributed by atoms with Gasteiger partial charge in [-0.2, -0.15) is 5.10 Å². The molecule has 0 bridgehead atoms. The van der Waals surface area contributed by atoms with Crippen molar-refractivity contribution in [3.05, 3.63) is 82.1 Å². The van der Waals surface area contributed by atoms with Gasteiger partial charge in [-0.3, -0.25) is 15.0 Å². The average molecular weight is 521 g/mol. The standard InChI is InChI=1S/C25H26F2N4O4.ClH/c26-19-5-6-21(22(27)16-19)23-7-8-24(32)31(29-23)17-18-3-1-4-20(15-18)28-25(33)35-12-2-9-30-10-13-34-14-11-30;/h1,3-8,15-16H,2,9-14,17H2,(H,28,33);1H. The van der Waals surface area contributed by atoms with Crippen molar-refractivity contribution >= 4 is 24.2 Å². The van der Waals surface area contributed by atoms with Crippen molar-refractivity contribution < 1.29 is 23.0 Å². The van der Waals surface area contributed by atoms with Crippen LogP contribution in [0.15, 0.2) is 59.4 Å². The van der Waals surface area contributed by atoms with E-state index in [4.69, 9.17) is 9.47 Å². The average Bonchev–Trinajstić information content (AvgIpc) is 2.84. The molecule has 1 saturated heterocycles. The van der Waals surface area contributed by atoms with E-state index in [2.05, 4.69) is 15.3 Å². The Kier molecular flexibility index (Phi) is 9.92. The summed E-state index contributed by atoms with van der Waals surface area (Å²) in [6.07, 6.45) is 0.167. The lowest BCUT2D eigenvalue weighted by molar-refractivity contribution is 0.0348. The van der Waals surface area contributed by atoms with Crippen LogP contribution >= 0.6 is 12.4 Å². The molecule has 3 aromatic rings. The molecule has 0 atom stereocenters. The van der Waals surface area contributed by atoms with Crippen LogP contribution < -0.4 is 10.9 Å². The molecule has 192 valence electrons. The number of hydrogen-bond acceptors (Lipinski definition) is 6. The van der Waals surface area contributed by atoms with E-state index < -0.39 is 17.7 Å². The highest BCUT2D eigenvalue weighted by molar-refractivity contribution is 5.85. The highest BCUT2D eigenvalue weighted by Crippen LogP contribution is 2.21. The van der Waals surface area contributed by atoms with Crippen molar-refractivity contribution in [2.24, 2.45) is 0 Å². The number of morpholine rings is 1. The number of ether oxygens (including phenoxy) is 2. The third-order valence-corrected chi connectivity index (χ3v) is 5.53. The number of halogens is 3. The first-order valence-corrected chi connectivity index (χ1v) is 11.3. The predicted octanol–water partition coefficient (Wildman–Crippen LogP) is 3.93. The third kappa shape index (κ3) is 7.58. The summed E-state index contributed by atoms with van der Waals surface area (Å²) in [6, 6.07) is 12.8. The fraction of sp³-hybridized carbons (Fsp3) is 0.320. The van der Waals surface area contributed by atoms with Crippen LogP contribution in [0, 0.1) is 11.6 Å². The Bertz CT molecular complexity index is 1230. The van der Waals surface area contributed by atoms with E-state index in [1.54, 1.807) is 24.3 Å². The smallest absolute Gasteiger partial charge is 0.411 e. The number of anilines is 1. The van der Waals surface area contributed by atoms with E-state index >= 15 is 0 Å². The summed E-state index contributed by atoms with van der Waals surface area (Å²) in [5, 5.41) is 6.91. The van der Waals surface area contributed by atoms with Gasteiger partial charge in [-0.1, -0.05) is 12.1 Å². The van der Waals surface area contributed by atoms with Crippen LogP contribution in [0.4, 0.5) is 19.3 Å². The lowest BCUT2D eigenvalue weighted by Gasteiger charge is -2.26. The minimum atomic E-state index is -0.766. The van der Waals surface area contributed by atoms with Crippen LogP contribution in [-0.2, 0) is 16.0 Å². The van der Waals surface area contributed by atoms with Crippen LogP contribution in [0.1, 0.15) is 12.0 Å². The largest absolute Gasteiger partial charge is 0.449 e. The number of nitrogens with one attached hydrogen (secondary N) is 1. The summed E-state index contributed by atoms with van der Waals surface area (Å²) >= 11 is 0. The normalized spacial score (nSPS) is 13.6. The maximum atomic E-state index is 14.1. The summed E-state index contributed by atoms with van der Waals surface area (Å²) in [7, 11) is 0. The molecular formula is C25H27ClF2N4O4. The van der Waals surface area contributed by atoms with Crippen LogP contribution in [0.5, 0.6) is 0 Å². The zero-order chi connectivity index (χ0) is 24.6. The fourth-order valence-corrected chi connectivity index (χ4v) is 3.76. The molecule has 1 amide bonds. The first-order chi connectivity index (χ1) is 17.0. The van der Waals surface area contributed by atoms with Crippen molar-refractivity contribution in [1.82, 2.24) is 14.7 Å². The predicted molar refractivity (Wildman–Crippen MR) is 133 cm³/mol. The second kappa shape index (κ2) is 13.1. The van der Waals surface area contributed by atoms with Gasteiger partial charge in [0, 0.05) is 43.0 Å². The van der Waals surface area contributed by atoms with E-state index in [1.165, 1.54) is 22.9 Å². The topological polar surface area (TPSA) is 85.7 Å². The first kappa shape index (κ1) is 27.3. The summed E-state index contributed by atoms with van der Waals surface area (Å²) in [5.74, 6) is -1.46. The second-order valence-corrected chi connectivity index (χ2v) is 8.11. The number of nitrogens with zero attached hydrogens (tertiary/aromatic N) is 3. The Morgan fingerprint density at radius 1 is 1.08 bits per heavy atom. The summed E-state index contributed by atoms with van der Waals surface area (Å²) in [6.45, 7) is 4.47. The molecule has 2 heterocycles. The number of carbonyl (C=O) groups excluding carboxylic acids is 1. The molecule has 1 aliphatic rings. The molecule has 0 spiro atoms. The van der Waals surface area contributed by atoms with Gasteiger partial charge >= 0.3 is 6.09 Å². The van der Waals surface area contributed by atoms with E-state index in [1.807, 2.05) is 0 Å². The Labute approximate surface area is 213 Å². The van der Waals surface area contributed by atoms with E-state index in [0.717, 1.165) is 51.4 Å². The minimum absolute atomic E-state index is 0. The first-order valence-electron chi connectivity index (χ1n) is 11.3. The van der Waals surface area contributed by atoms with Crippen molar-refractivity contribution in [3.63, 3.8) is 0 Å². The van der Waals surface area contributed by atoms with Crippen LogP contribution in [0.3, 0.4) is 0 Å². The van der Waals surface area contributed by atoms with E-state index in [0.29, 0.717) is 17.9 Å². The highest BCUT2D eigenvalue weighted by atomic mass is 35.5. The molecule has 0 saturated carbocycles. The summed E-state index contributed by atoms with van der Waals surface area (Å²) in [4.78, 5) is 26.7. The molecular weight excluding hydrogens is 494 g/mol. The number of aromatic nitrogens is 2. The summed E-state index contributed by atoms with van der Waals surface area (Å²) in [5.41, 5.74) is 1.12. The van der Waals surface area contributed by atoms with Gasteiger partial charge in [-0.25, -0.2) is 18.3 Å². The van der Waals surface area contributed by atoms with Crippen molar-refractivity contribution in [2.45, 2.75) is 13.0 Å². The molecule has 0 radical (unpaired) electrons. The van der Waals surface area contributed by atoms with Gasteiger partial charge in [0.1, 0.15) is 11.6 Å². The molecule has 36 heavy (non-hydrogen) atoms. The van der Waals surface area contributed by atoms with Crippen LogP contribution in [0.25, 0.3) is 11.3 Å². The van der Waals surface area contributed by atoms with E-state index in [9.17, 15) is 18.4 Å². The van der Waals surface area contributed by atoms with Crippen molar-refractivity contribution in [1.29, 1.82) is 0 Å². The monoisotopic (exact) mass is 520 g/mol. The molecule has 8 nitrogen and oxygen atoms in total. The third-order valence-electron chi connectivity index (χ3n) is 5.53. The zero-order valence-electron chi connectivity index (χ0n) is 19.5. The molecule has 4 rings (SSSR count). The van der Waals surface area contributed by atoms with Gasteiger partial charge in [-0.05, 0) is 42.3 Å². The number of carbonyl (C=O) groups is 1. The number of hydrogen-bond donors (Lipinski definition) is 1. The lowest BCUT2D eigenvalue weighted by atomic mass is 10.1. The van der Waals surface area contributed by atoms with Crippen molar-refractivity contribution in [2.75, 3.05) is 44.8 Å². The molecule has 1 fully saturated rings. The molecule has 1 N–H and O–H groups in total. The van der Waals surface area contributed by atoms with Gasteiger partial charge in [-0.15, -0.1) is 12.4 Å². The van der Waals surface area contributed by atoms with Crippen molar-refractivity contribution in [3.8, 4) is 11.3 Å². The number of amides is 1. The maximum Gasteiger partial charge on any atom is 0.411 e. The van der Waals surface area contributed by atoms with Gasteiger partial charge in [0.05, 0.1) is 32.1 Å². The van der Waals surface area contributed by atoms with Gasteiger partial charge in [0.25, 0.3) is 5.56 Å². The SMILES string of the molecule is Cl.O=C(Nc1cccc(Cn2nc(-c3ccc(F)cc3F)ccc2=O)c1)OCCCN1CCOCC1. The lowest BCUT2D eigenvalue weighted by Crippen LogP contribution is -2.37. The molecule has 0 aliphatic carbocycles. The Morgan fingerprint density at radius 2 is 1.89 bits per heavy atom. The quantitative estimate of drug-likeness (QED) is 0.453. The van der Waals surface area contributed by atoms with Crippen LogP contribution in [0.2, 0.25) is 0 Å². The second-order valence-electron chi connectivity index (χ2n) is 8.11. The molecule has 2 aromatic carbocycles. The highest BCUT2D eigenvalue weighted by Gasteiger charge is 2.12. The minimum Gasteiger partial charge on any atom is -0.449 e. The van der Waals surface area contributed by atoms with Crippen LogP contribution in [-0.4, -0.2) is 60.2 Å². The molecule has 11 heteroatoms. The maximum absolute atomic E-state index is 14.1. The molecule has 0 unspecified atom stereocenters. The van der Waals surface area contributed by atoms with Gasteiger partial charge < -0.3 is 9.47 Å². The van der Waals surface area contributed by atoms with Gasteiger partial charge in [0.15, 0.2) is 0 Å². The Morgan fingerprint density at radius 3 is 2.67 bits per heavy atom. The molecule has 1 aromatic heterocycles. The van der Waals surface area contributed by atoms with E-state index in [-0.39, 0.29) is 35.8 Å². The molecule has 1 aliphatic heterocycles. The number of benzene rings is 2.